The van der Waals surface area contributed by atoms with Crippen molar-refractivity contribution >= 4 is 17.7 Å². The molecule has 7 nitrogen and oxygen atoms in total. The number of nitrogen functional groups attached to an aromatic ring is 1. The highest BCUT2D eigenvalue weighted by Gasteiger charge is 2.29. The maximum atomic E-state index is 11.8. The minimum Gasteiger partial charge on any atom is -0.336 e. The summed E-state index contributed by atoms with van der Waals surface area (Å²) in [7, 11) is 1.61. The van der Waals surface area contributed by atoms with Crippen molar-refractivity contribution in [3.63, 3.8) is 0 Å². The number of carbonyl (C=O) groups is 3. The molecule has 20 heavy (non-hydrogen) atoms. The largest absolute Gasteiger partial charge is 0.336 e. The highest BCUT2D eigenvalue weighted by Crippen LogP contribution is 2.11. The van der Waals surface area contributed by atoms with E-state index in [0.717, 1.165) is 5.56 Å². The van der Waals surface area contributed by atoms with Gasteiger partial charge in [-0.3, -0.25) is 19.8 Å². The summed E-state index contributed by atoms with van der Waals surface area (Å²) in [5, 5.41) is 0. The molecular weight excluding hydrogens is 260 g/mol. The number of piperazine rings is 1. The third-order valence-corrected chi connectivity index (χ3v) is 3.24. The van der Waals surface area contributed by atoms with Crippen LogP contribution in [0.3, 0.4) is 0 Å². The second-order valence-electron chi connectivity index (χ2n) is 4.62. The van der Waals surface area contributed by atoms with Crippen LogP contribution in [-0.2, 0) is 16.1 Å². The first-order valence-electron chi connectivity index (χ1n) is 6.17. The zero-order valence-corrected chi connectivity index (χ0v) is 11.1. The van der Waals surface area contributed by atoms with E-state index in [1.54, 1.807) is 31.3 Å². The molecule has 1 aromatic carbocycles. The first-order valence-corrected chi connectivity index (χ1v) is 6.17. The van der Waals surface area contributed by atoms with E-state index < -0.39 is 11.8 Å². The number of nitrogens with two attached hydrogens (primary N) is 1. The van der Waals surface area contributed by atoms with Crippen LogP contribution in [-0.4, -0.2) is 47.7 Å². The maximum Gasteiger partial charge on any atom is 0.312 e. The molecule has 2 rings (SSSR count). The van der Waals surface area contributed by atoms with Crippen LogP contribution in [0, 0.1) is 0 Å². The Morgan fingerprint density at radius 1 is 1.20 bits per heavy atom. The maximum absolute atomic E-state index is 11.8. The van der Waals surface area contributed by atoms with E-state index in [4.69, 9.17) is 5.84 Å². The van der Waals surface area contributed by atoms with E-state index in [1.165, 1.54) is 9.80 Å². The number of nitrogens with one attached hydrogen (secondary N) is 1. The van der Waals surface area contributed by atoms with Crippen molar-refractivity contribution < 1.29 is 14.4 Å². The third-order valence-electron chi connectivity index (χ3n) is 3.24. The Morgan fingerprint density at radius 2 is 1.85 bits per heavy atom. The van der Waals surface area contributed by atoms with Crippen LogP contribution in [0.4, 0.5) is 0 Å². The van der Waals surface area contributed by atoms with Crippen LogP contribution in [0.5, 0.6) is 0 Å². The van der Waals surface area contributed by atoms with Crippen LogP contribution in [0.25, 0.3) is 0 Å². The Hall–Kier alpha value is -2.41. The average molecular weight is 276 g/mol. The summed E-state index contributed by atoms with van der Waals surface area (Å²) in [5.41, 5.74) is 3.34. The van der Waals surface area contributed by atoms with E-state index in [2.05, 4.69) is 0 Å². The fraction of sp³-hybridized carbons (Fsp3) is 0.308. The number of rotatable bonds is 3. The van der Waals surface area contributed by atoms with Crippen molar-refractivity contribution in [2.24, 2.45) is 5.84 Å². The van der Waals surface area contributed by atoms with Gasteiger partial charge in [0.15, 0.2) is 0 Å². The molecule has 1 aliphatic rings. The van der Waals surface area contributed by atoms with E-state index >= 15 is 0 Å². The van der Waals surface area contributed by atoms with Gasteiger partial charge in [-0.1, -0.05) is 12.1 Å². The van der Waals surface area contributed by atoms with E-state index in [-0.39, 0.29) is 5.91 Å². The number of hydrogen-bond donors (Lipinski definition) is 2. The van der Waals surface area contributed by atoms with Gasteiger partial charge in [-0.15, -0.1) is 0 Å². The van der Waals surface area contributed by atoms with Gasteiger partial charge in [0.25, 0.3) is 5.91 Å². The lowest BCUT2D eigenvalue weighted by Gasteiger charge is -2.31. The van der Waals surface area contributed by atoms with Crippen molar-refractivity contribution in [1.29, 1.82) is 0 Å². The summed E-state index contributed by atoms with van der Waals surface area (Å²) in [6, 6.07) is 6.72. The number of hydrazine groups is 1. The lowest BCUT2D eigenvalue weighted by Crippen LogP contribution is -2.52. The van der Waals surface area contributed by atoms with Gasteiger partial charge in [0.1, 0.15) is 0 Å². The van der Waals surface area contributed by atoms with E-state index in [0.29, 0.717) is 25.2 Å². The van der Waals surface area contributed by atoms with Crippen molar-refractivity contribution in [2.45, 2.75) is 6.54 Å². The second kappa shape index (κ2) is 5.70. The third kappa shape index (κ3) is 2.77. The molecule has 1 aromatic rings. The van der Waals surface area contributed by atoms with E-state index in [9.17, 15) is 14.4 Å². The lowest BCUT2D eigenvalue weighted by molar-refractivity contribution is -0.155. The van der Waals surface area contributed by atoms with Crippen LogP contribution < -0.4 is 11.3 Å². The molecule has 0 saturated carbocycles. The monoisotopic (exact) mass is 276 g/mol. The molecule has 106 valence electrons. The molecule has 1 aliphatic heterocycles. The minimum absolute atomic E-state index is 0.350. The number of benzene rings is 1. The van der Waals surface area contributed by atoms with Gasteiger partial charge in [-0.05, 0) is 17.7 Å². The Bertz CT molecular complexity index is 541. The van der Waals surface area contributed by atoms with Crippen molar-refractivity contribution in [2.75, 3.05) is 20.1 Å². The topological polar surface area (TPSA) is 95.7 Å². The number of carbonyl (C=O) groups excluding carboxylic acids is 3. The van der Waals surface area contributed by atoms with Crippen LogP contribution in [0.15, 0.2) is 24.3 Å². The van der Waals surface area contributed by atoms with Gasteiger partial charge >= 0.3 is 11.8 Å². The van der Waals surface area contributed by atoms with E-state index in [1.807, 2.05) is 5.43 Å². The van der Waals surface area contributed by atoms with Gasteiger partial charge in [-0.25, -0.2) is 5.84 Å². The molecule has 0 aromatic heterocycles. The summed E-state index contributed by atoms with van der Waals surface area (Å²) in [5.74, 6) is 3.68. The predicted molar refractivity (Wildman–Crippen MR) is 71.1 cm³/mol. The summed E-state index contributed by atoms with van der Waals surface area (Å²) in [6.45, 7) is 1.38. The van der Waals surface area contributed by atoms with Gasteiger partial charge in [-0.2, -0.15) is 0 Å². The van der Waals surface area contributed by atoms with Crippen molar-refractivity contribution in [1.82, 2.24) is 15.2 Å². The fourth-order valence-corrected chi connectivity index (χ4v) is 1.99. The number of likely N-dealkylation sites (N-methyl/N-ethyl adjacent to an activating group) is 1. The molecule has 1 heterocycles. The molecule has 0 atom stereocenters. The minimum atomic E-state index is -0.498. The van der Waals surface area contributed by atoms with Crippen LogP contribution in [0.2, 0.25) is 0 Å². The van der Waals surface area contributed by atoms with Crippen molar-refractivity contribution in [3.8, 4) is 0 Å². The molecule has 3 N–H and O–H groups in total. The molecule has 0 radical (unpaired) electrons. The average Bonchev–Trinajstić information content (AvgIpc) is 2.48. The zero-order valence-electron chi connectivity index (χ0n) is 11.1. The van der Waals surface area contributed by atoms with Gasteiger partial charge in [0.2, 0.25) is 0 Å². The Balaban J connectivity index is 2.05. The predicted octanol–water partition coefficient (Wildman–Crippen LogP) is -0.909. The highest BCUT2D eigenvalue weighted by molar-refractivity contribution is 6.35. The molecule has 1 saturated heterocycles. The highest BCUT2D eigenvalue weighted by atomic mass is 16.2. The number of hydrogen-bond acceptors (Lipinski definition) is 4. The molecule has 0 aliphatic carbocycles. The summed E-state index contributed by atoms with van der Waals surface area (Å²) >= 11 is 0. The first kappa shape index (κ1) is 14.0. The number of nitrogens with zero attached hydrogens (tertiary/aromatic N) is 2. The molecule has 0 unspecified atom stereocenters. The fourth-order valence-electron chi connectivity index (χ4n) is 1.99. The van der Waals surface area contributed by atoms with Crippen LogP contribution in [0.1, 0.15) is 15.9 Å². The Labute approximate surface area is 116 Å². The second-order valence-corrected chi connectivity index (χ2v) is 4.62. The lowest BCUT2D eigenvalue weighted by atomic mass is 10.1. The Kier molecular flexibility index (Phi) is 3.99. The Morgan fingerprint density at radius 3 is 2.45 bits per heavy atom. The molecule has 3 amide bonds. The molecule has 7 heteroatoms. The van der Waals surface area contributed by atoms with Gasteiger partial charge < -0.3 is 9.80 Å². The van der Waals surface area contributed by atoms with Crippen LogP contribution >= 0.6 is 0 Å². The molecule has 1 fully saturated rings. The normalized spacial score (nSPS) is 15.5. The smallest absolute Gasteiger partial charge is 0.312 e. The molecule has 0 bridgehead atoms. The number of amides is 3. The first-order chi connectivity index (χ1) is 9.52. The zero-order chi connectivity index (χ0) is 14.7. The van der Waals surface area contributed by atoms with Gasteiger partial charge in [0.05, 0.1) is 0 Å². The van der Waals surface area contributed by atoms with Gasteiger partial charge in [0, 0.05) is 32.2 Å². The molecule has 0 spiro atoms. The molecular formula is C13H16N4O3. The standard InChI is InChI=1S/C13H16N4O3/c1-16-6-7-17(13(20)12(16)19)8-9-2-4-10(5-3-9)11(18)15-14/h2-5H,6-8,14H2,1H3,(H,15,18). The van der Waals surface area contributed by atoms with Crippen molar-refractivity contribution in [3.05, 3.63) is 35.4 Å². The SMILES string of the molecule is CN1CCN(Cc2ccc(C(=O)NN)cc2)C(=O)C1=O. The summed E-state index contributed by atoms with van der Waals surface area (Å²) < 4.78 is 0. The quantitative estimate of drug-likeness (QED) is 0.323. The summed E-state index contributed by atoms with van der Waals surface area (Å²) in [4.78, 5) is 37.6. The summed E-state index contributed by atoms with van der Waals surface area (Å²) in [6.07, 6.45) is 0.